The van der Waals surface area contributed by atoms with Crippen LogP contribution in [0.5, 0.6) is 0 Å². The van der Waals surface area contributed by atoms with Crippen LogP contribution in [0.25, 0.3) is 0 Å². The molecule has 1 aromatic carbocycles. The smallest absolute Gasteiger partial charge is 0.475 e. The number of amides is 1. The highest BCUT2D eigenvalue weighted by atomic mass is 19.4. The lowest BCUT2D eigenvalue weighted by Crippen LogP contribution is -2.38. The van der Waals surface area contributed by atoms with Crippen LogP contribution in [-0.2, 0) is 16.1 Å². The zero-order valence-electron chi connectivity index (χ0n) is 15.8. The third-order valence-corrected chi connectivity index (χ3v) is 5.22. The summed E-state index contributed by atoms with van der Waals surface area (Å²) in [4.78, 5) is 26.0. The number of halogens is 4. The molecule has 2 fully saturated rings. The van der Waals surface area contributed by atoms with Gasteiger partial charge in [0, 0.05) is 25.7 Å². The lowest BCUT2D eigenvalue weighted by atomic mass is 9.85. The second-order valence-electron chi connectivity index (χ2n) is 7.50. The van der Waals surface area contributed by atoms with Crippen LogP contribution in [0.3, 0.4) is 0 Å². The molecule has 0 radical (unpaired) electrons. The van der Waals surface area contributed by atoms with Gasteiger partial charge in [-0.15, -0.1) is 0 Å². The van der Waals surface area contributed by atoms with E-state index in [4.69, 9.17) is 9.90 Å². The number of carboxylic acids is 1. The van der Waals surface area contributed by atoms with Gasteiger partial charge in [-0.2, -0.15) is 13.2 Å². The van der Waals surface area contributed by atoms with Gasteiger partial charge < -0.3 is 10.0 Å². The van der Waals surface area contributed by atoms with Crippen molar-refractivity contribution in [2.45, 2.75) is 45.5 Å². The Morgan fingerprint density at radius 2 is 1.86 bits per heavy atom. The maximum absolute atomic E-state index is 13.3. The fourth-order valence-electron chi connectivity index (χ4n) is 3.62. The van der Waals surface area contributed by atoms with E-state index in [9.17, 15) is 22.4 Å². The van der Waals surface area contributed by atoms with E-state index in [1.807, 2.05) is 11.0 Å². The first-order chi connectivity index (χ1) is 12.9. The average molecular weight is 404 g/mol. The zero-order chi connectivity index (χ0) is 21.1. The number of alkyl halides is 3. The standard InChI is InChI=1S/C17H23FN2O.C2HF3O2/c1-13(2)20-9-7-17(12-20)6-8-19(16(17)21)11-14-4-3-5-15(18)10-14;3-2(4,5)1(6)7/h3-5,10,13H,6-9,11-12H2,1-2H3;(H,6,7). The van der Waals surface area contributed by atoms with E-state index in [0.29, 0.717) is 12.6 Å². The van der Waals surface area contributed by atoms with Gasteiger partial charge in [-0.1, -0.05) is 12.1 Å². The molecule has 0 bridgehead atoms. The van der Waals surface area contributed by atoms with E-state index in [0.717, 1.165) is 38.0 Å². The quantitative estimate of drug-likeness (QED) is 0.786. The number of rotatable bonds is 3. The van der Waals surface area contributed by atoms with Crippen LogP contribution in [-0.4, -0.2) is 58.6 Å². The summed E-state index contributed by atoms with van der Waals surface area (Å²) in [7, 11) is 0. The first-order valence-corrected chi connectivity index (χ1v) is 9.02. The predicted octanol–water partition coefficient (Wildman–Crippen LogP) is 3.29. The van der Waals surface area contributed by atoms with Crippen molar-refractivity contribution in [1.82, 2.24) is 9.80 Å². The molecule has 2 aliphatic rings. The molecule has 0 saturated carbocycles. The van der Waals surface area contributed by atoms with Gasteiger partial charge in [0.2, 0.25) is 5.91 Å². The number of benzene rings is 1. The SMILES string of the molecule is CC(C)N1CCC2(CCN(Cc3cccc(F)c3)C2=O)C1.O=C(O)C(F)(F)F. The van der Waals surface area contributed by atoms with Crippen molar-refractivity contribution in [2.24, 2.45) is 5.41 Å². The molecule has 156 valence electrons. The number of nitrogens with zero attached hydrogens (tertiary/aromatic N) is 2. The number of hydrogen-bond donors (Lipinski definition) is 1. The van der Waals surface area contributed by atoms with Crippen LogP contribution in [0, 0.1) is 11.2 Å². The molecule has 0 aliphatic carbocycles. The van der Waals surface area contributed by atoms with Crippen molar-refractivity contribution in [2.75, 3.05) is 19.6 Å². The number of likely N-dealkylation sites (tertiary alicyclic amines) is 2. The maximum Gasteiger partial charge on any atom is 0.490 e. The van der Waals surface area contributed by atoms with Crippen molar-refractivity contribution >= 4 is 11.9 Å². The number of carbonyl (C=O) groups is 2. The van der Waals surface area contributed by atoms with Crippen LogP contribution in [0.1, 0.15) is 32.3 Å². The van der Waals surface area contributed by atoms with E-state index < -0.39 is 12.1 Å². The Morgan fingerprint density at radius 1 is 1.25 bits per heavy atom. The highest BCUT2D eigenvalue weighted by Crippen LogP contribution is 2.41. The molecule has 2 heterocycles. The average Bonchev–Trinajstić information content (AvgIpc) is 3.15. The van der Waals surface area contributed by atoms with Crippen LogP contribution in [0.15, 0.2) is 24.3 Å². The first kappa shape index (κ1) is 22.1. The Balaban J connectivity index is 0.000000345. The molecule has 9 heteroatoms. The second kappa shape index (κ2) is 8.46. The molecule has 28 heavy (non-hydrogen) atoms. The molecule has 3 rings (SSSR count). The van der Waals surface area contributed by atoms with E-state index in [-0.39, 0.29) is 17.1 Å². The number of aliphatic carboxylic acids is 1. The van der Waals surface area contributed by atoms with Gasteiger partial charge in [0.25, 0.3) is 0 Å². The van der Waals surface area contributed by atoms with Gasteiger partial charge in [0.1, 0.15) is 5.82 Å². The van der Waals surface area contributed by atoms with E-state index in [2.05, 4.69) is 18.7 Å². The van der Waals surface area contributed by atoms with Gasteiger partial charge in [-0.05, 0) is 50.9 Å². The van der Waals surface area contributed by atoms with Crippen molar-refractivity contribution < 1.29 is 32.3 Å². The molecule has 1 amide bonds. The van der Waals surface area contributed by atoms with Gasteiger partial charge in [0.05, 0.1) is 5.41 Å². The Hall–Kier alpha value is -2.16. The molecule has 1 aromatic rings. The molecule has 2 aliphatic heterocycles. The second-order valence-corrected chi connectivity index (χ2v) is 7.50. The van der Waals surface area contributed by atoms with Crippen LogP contribution >= 0.6 is 0 Å². The number of hydrogen-bond acceptors (Lipinski definition) is 3. The molecule has 1 unspecified atom stereocenters. The van der Waals surface area contributed by atoms with Gasteiger partial charge >= 0.3 is 12.1 Å². The maximum atomic E-state index is 13.3. The number of carbonyl (C=O) groups excluding carboxylic acids is 1. The summed E-state index contributed by atoms with van der Waals surface area (Å²) in [6.07, 6.45) is -3.19. The fraction of sp³-hybridized carbons (Fsp3) is 0.579. The minimum Gasteiger partial charge on any atom is -0.475 e. The topological polar surface area (TPSA) is 60.9 Å². The zero-order valence-corrected chi connectivity index (χ0v) is 15.8. The van der Waals surface area contributed by atoms with Crippen molar-refractivity contribution in [3.63, 3.8) is 0 Å². The fourth-order valence-corrected chi connectivity index (χ4v) is 3.62. The largest absolute Gasteiger partial charge is 0.490 e. The minimum atomic E-state index is -5.08. The van der Waals surface area contributed by atoms with E-state index >= 15 is 0 Å². The first-order valence-electron chi connectivity index (χ1n) is 9.02. The summed E-state index contributed by atoms with van der Waals surface area (Å²) in [5.74, 6) is -2.73. The highest BCUT2D eigenvalue weighted by molar-refractivity contribution is 5.85. The minimum absolute atomic E-state index is 0.183. The third-order valence-electron chi connectivity index (χ3n) is 5.22. The Kier molecular flexibility index (Phi) is 6.69. The molecule has 1 N–H and O–H groups in total. The Labute approximate surface area is 160 Å². The molecule has 5 nitrogen and oxygen atoms in total. The summed E-state index contributed by atoms with van der Waals surface area (Å²) in [5.41, 5.74) is 0.691. The highest BCUT2D eigenvalue weighted by Gasteiger charge is 2.50. The van der Waals surface area contributed by atoms with Gasteiger partial charge in [0.15, 0.2) is 0 Å². The van der Waals surface area contributed by atoms with Gasteiger partial charge in [-0.25, -0.2) is 9.18 Å². The molecule has 1 spiro atoms. The van der Waals surface area contributed by atoms with Crippen LogP contribution < -0.4 is 0 Å². The molecule has 0 aromatic heterocycles. The molecular weight excluding hydrogens is 380 g/mol. The molecule has 1 atom stereocenters. The summed E-state index contributed by atoms with van der Waals surface area (Å²) in [6.45, 7) is 7.58. The van der Waals surface area contributed by atoms with Crippen molar-refractivity contribution in [3.8, 4) is 0 Å². The summed E-state index contributed by atoms with van der Waals surface area (Å²) in [5, 5.41) is 7.12. The van der Waals surface area contributed by atoms with Crippen LogP contribution in [0.2, 0.25) is 0 Å². The van der Waals surface area contributed by atoms with Gasteiger partial charge in [-0.3, -0.25) is 9.69 Å². The predicted molar refractivity (Wildman–Crippen MR) is 93.9 cm³/mol. The molecular formula is C19H24F4N2O3. The van der Waals surface area contributed by atoms with Crippen molar-refractivity contribution in [1.29, 1.82) is 0 Å². The monoisotopic (exact) mass is 404 g/mol. The van der Waals surface area contributed by atoms with E-state index in [1.165, 1.54) is 12.1 Å². The Bertz CT molecular complexity index is 723. The lowest BCUT2D eigenvalue weighted by Gasteiger charge is -2.25. The normalized spacial score (nSPS) is 22.7. The molecule has 2 saturated heterocycles. The lowest BCUT2D eigenvalue weighted by molar-refractivity contribution is -0.192. The summed E-state index contributed by atoms with van der Waals surface area (Å²) in [6, 6.07) is 7.05. The van der Waals surface area contributed by atoms with Crippen LogP contribution in [0.4, 0.5) is 17.6 Å². The Morgan fingerprint density at radius 3 is 2.36 bits per heavy atom. The van der Waals surface area contributed by atoms with Crippen molar-refractivity contribution in [3.05, 3.63) is 35.6 Å². The van der Waals surface area contributed by atoms with E-state index in [1.54, 1.807) is 6.07 Å². The summed E-state index contributed by atoms with van der Waals surface area (Å²) >= 11 is 0. The number of carboxylic acid groups (broad SMARTS) is 1. The third kappa shape index (κ3) is 5.21. The summed E-state index contributed by atoms with van der Waals surface area (Å²) < 4.78 is 45.0.